The molecule has 0 radical (unpaired) electrons. The first-order valence-corrected chi connectivity index (χ1v) is 9.79. The molecule has 0 atom stereocenters. The summed E-state index contributed by atoms with van der Waals surface area (Å²) in [4.78, 5) is 0. The summed E-state index contributed by atoms with van der Waals surface area (Å²) in [5.74, 6) is 0. The van der Waals surface area contributed by atoms with Gasteiger partial charge in [0.2, 0.25) is 0 Å². The molecule has 0 fully saturated rings. The molecule has 0 bridgehead atoms. The minimum absolute atomic E-state index is 0.492. The van der Waals surface area contributed by atoms with Gasteiger partial charge in [-0.2, -0.15) is 0 Å². The number of hydrogen-bond donors (Lipinski definition) is 4. The van der Waals surface area contributed by atoms with Crippen molar-refractivity contribution in [3.05, 3.63) is 0 Å². The molecule has 0 saturated heterocycles. The van der Waals surface area contributed by atoms with Crippen molar-refractivity contribution < 1.29 is 4.43 Å². The Morgan fingerprint density at radius 1 is 1.06 bits per heavy atom. The van der Waals surface area contributed by atoms with Gasteiger partial charge in [-0.1, -0.05) is 24.4 Å². The van der Waals surface area contributed by atoms with Crippen LogP contribution in [-0.4, -0.2) is 37.2 Å². The molecule has 0 spiro atoms. The molecule has 0 aliphatic heterocycles. The zero-order valence-electron chi connectivity index (χ0n) is 10.0. The van der Waals surface area contributed by atoms with E-state index in [2.05, 4.69) is 80.0 Å². The number of thiol groups is 2. The van der Waals surface area contributed by atoms with E-state index in [0.29, 0.717) is 21.7 Å². The van der Waals surface area contributed by atoms with Gasteiger partial charge in [0.15, 0.2) is 8.32 Å². The molecule has 0 amide bonds. The predicted octanol–water partition coefficient (Wildman–Crippen LogP) is 2.06. The van der Waals surface area contributed by atoms with Gasteiger partial charge in [0, 0.05) is 20.2 Å². The van der Waals surface area contributed by atoms with Gasteiger partial charge in [0.05, 0.1) is 0 Å². The minimum atomic E-state index is -1.13. The Bertz CT molecular complexity index is 205. The lowest BCUT2D eigenvalue weighted by atomic mass is 10.6. The van der Waals surface area contributed by atoms with Crippen molar-refractivity contribution in [3.8, 4) is 0 Å². The zero-order valence-corrected chi connectivity index (χ0v) is 14.5. The van der Waals surface area contributed by atoms with Gasteiger partial charge in [-0.15, -0.1) is 25.3 Å². The van der Waals surface area contributed by atoms with E-state index in [9.17, 15) is 0 Å². The Morgan fingerprint density at radius 2 is 1.31 bits per heavy atom. The quantitative estimate of drug-likeness (QED) is 0.276. The summed E-state index contributed by atoms with van der Waals surface area (Å²) in [5, 5.41) is 5.68. The maximum Gasteiger partial charge on any atom is 0.183 e. The zero-order chi connectivity index (χ0) is 13.2. The highest BCUT2D eigenvalue weighted by atomic mass is 32.1. The van der Waals surface area contributed by atoms with Crippen molar-refractivity contribution >= 4 is 66.7 Å². The maximum atomic E-state index is 5.08. The molecule has 0 aromatic rings. The standard InChI is InChI=1S/C4H8N2S4.C4H12OSi/c7-3(8)5-1-2-6-4(9)10;1-5-6(2,3)4/h1-2H2,(H2,5,7,8)(H2,6,9,10);1-4H3. The highest BCUT2D eigenvalue weighted by Crippen LogP contribution is 1.97. The molecule has 0 heterocycles. The molecule has 3 nitrogen and oxygen atoms in total. The molecule has 0 aliphatic rings. The van der Waals surface area contributed by atoms with Crippen LogP contribution in [-0.2, 0) is 4.43 Å². The lowest BCUT2D eigenvalue weighted by Crippen LogP contribution is -2.29. The smallest absolute Gasteiger partial charge is 0.183 e. The molecular weight excluding hydrogens is 296 g/mol. The summed E-state index contributed by atoms with van der Waals surface area (Å²) in [7, 11) is 0.639. The summed E-state index contributed by atoms with van der Waals surface area (Å²) < 4.78 is 6.06. The van der Waals surface area contributed by atoms with Crippen molar-refractivity contribution in [3.63, 3.8) is 0 Å². The number of thiocarbonyl (C=S) groups is 2. The van der Waals surface area contributed by atoms with E-state index in [4.69, 9.17) is 4.43 Å². The van der Waals surface area contributed by atoms with Gasteiger partial charge in [-0.25, -0.2) is 0 Å². The van der Waals surface area contributed by atoms with Crippen molar-refractivity contribution in [2.75, 3.05) is 20.2 Å². The largest absolute Gasteiger partial charge is 0.421 e. The molecule has 16 heavy (non-hydrogen) atoms. The van der Waals surface area contributed by atoms with E-state index in [-0.39, 0.29) is 0 Å². The Morgan fingerprint density at radius 3 is 1.44 bits per heavy atom. The average Bonchev–Trinajstić information content (AvgIpc) is 2.12. The summed E-state index contributed by atoms with van der Waals surface area (Å²) in [6.45, 7) is 7.90. The summed E-state index contributed by atoms with van der Waals surface area (Å²) >= 11 is 17.0. The van der Waals surface area contributed by atoms with Gasteiger partial charge in [-0.3, -0.25) is 0 Å². The molecule has 0 aromatic carbocycles. The predicted molar refractivity (Wildman–Crippen MR) is 89.5 cm³/mol. The van der Waals surface area contributed by atoms with E-state index >= 15 is 0 Å². The number of rotatable bonds is 4. The summed E-state index contributed by atoms with van der Waals surface area (Å²) in [5.41, 5.74) is 0. The number of hydrogen-bond acceptors (Lipinski definition) is 3. The summed E-state index contributed by atoms with van der Waals surface area (Å²) in [6, 6.07) is 0. The topological polar surface area (TPSA) is 33.3 Å². The fourth-order valence-electron chi connectivity index (χ4n) is 0.339. The lowest BCUT2D eigenvalue weighted by Gasteiger charge is -2.10. The van der Waals surface area contributed by atoms with Crippen LogP contribution in [0.25, 0.3) is 0 Å². The van der Waals surface area contributed by atoms with Crippen molar-refractivity contribution in [1.82, 2.24) is 10.6 Å². The van der Waals surface area contributed by atoms with E-state index in [1.165, 1.54) is 0 Å². The molecule has 0 aromatic heterocycles. The normalized spacial score (nSPS) is 9.88. The Kier molecular flexibility index (Phi) is 12.8. The van der Waals surface area contributed by atoms with Crippen LogP contribution in [0.1, 0.15) is 0 Å². The van der Waals surface area contributed by atoms with Crippen molar-refractivity contribution in [2.24, 2.45) is 0 Å². The van der Waals surface area contributed by atoms with Crippen LogP contribution < -0.4 is 10.6 Å². The molecule has 96 valence electrons. The van der Waals surface area contributed by atoms with Gasteiger partial charge >= 0.3 is 0 Å². The second-order valence-corrected chi connectivity index (χ2v) is 10.7. The Hall–Kier alpha value is 0.657. The van der Waals surface area contributed by atoms with Crippen LogP contribution in [0.2, 0.25) is 19.6 Å². The third kappa shape index (κ3) is 24.1. The third-order valence-corrected chi connectivity index (χ3v) is 3.12. The maximum absolute atomic E-state index is 5.08. The van der Waals surface area contributed by atoms with Gasteiger partial charge in [0.1, 0.15) is 8.64 Å². The molecule has 0 saturated carbocycles. The fraction of sp³-hybridized carbons (Fsp3) is 0.750. The second-order valence-electron chi connectivity index (χ2n) is 3.78. The van der Waals surface area contributed by atoms with Crippen LogP contribution >= 0.6 is 49.7 Å². The van der Waals surface area contributed by atoms with Gasteiger partial charge in [-0.05, 0) is 19.6 Å². The molecule has 2 N–H and O–H groups in total. The van der Waals surface area contributed by atoms with E-state index in [1.54, 1.807) is 7.11 Å². The van der Waals surface area contributed by atoms with Crippen LogP contribution in [0.15, 0.2) is 0 Å². The SMILES string of the molecule is CO[Si](C)(C)C.S=C(S)NCCNC(=S)S. The lowest BCUT2D eigenvalue weighted by molar-refractivity contribution is 0.411. The first-order chi connectivity index (χ1) is 7.19. The number of nitrogens with one attached hydrogen (secondary N) is 2. The minimum Gasteiger partial charge on any atom is -0.421 e. The molecule has 0 unspecified atom stereocenters. The summed E-state index contributed by atoms with van der Waals surface area (Å²) in [6.07, 6.45) is 0. The Labute approximate surface area is 121 Å². The van der Waals surface area contributed by atoms with E-state index in [1.807, 2.05) is 0 Å². The van der Waals surface area contributed by atoms with Crippen LogP contribution in [0.5, 0.6) is 0 Å². The van der Waals surface area contributed by atoms with Crippen LogP contribution in [0.4, 0.5) is 0 Å². The Balaban J connectivity index is 0. The highest BCUT2D eigenvalue weighted by molar-refractivity contribution is 8.11. The monoisotopic (exact) mass is 316 g/mol. The molecular formula is C8H20N2OS4Si. The highest BCUT2D eigenvalue weighted by Gasteiger charge is 2.09. The van der Waals surface area contributed by atoms with Gasteiger partial charge in [0.25, 0.3) is 0 Å². The molecule has 0 rings (SSSR count). The molecule has 0 aliphatic carbocycles. The van der Waals surface area contributed by atoms with Crippen LogP contribution in [0, 0.1) is 0 Å². The van der Waals surface area contributed by atoms with Crippen molar-refractivity contribution in [2.45, 2.75) is 19.6 Å². The third-order valence-electron chi connectivity index (χ3n) is 1.29. The van der Waals surface area contributed by atoms with Crippen molar-refractivity contribution in [1.29, 1.82) is 0 Å². The van der Waals surface area contributed by atoms with Crippen LogP contribution in [0.3, 0.4) is 0 Å². The first-order valence-electron chi connectivity index (χ1n) is 4.67. The molecule has 8 heteroatoms. The second kappa shape index (κ2) is 10.8. The fourth-order valence-corrected chi connectivity index (χ4v) is 0.767. The van der Waals surface area contributed by atoms with E-state index < -0.39 is 8.32 Å². The first kappa shape index (κ1) is 19.0. The van der Waals surface area contributed by atoms with Gasteiger partial charge < -0.3 is 15.1 Å². The average molecular weight is 317 g/mol. The van der Waals surface area contributed by atoms with E-state index in [0.717, 1.165) is 0 Å².